The Morgan fingerprint density at radius 2 is 2.17 bits per heavy atom. The van der Waals surface area contributed by atoms with Crippen LogP contribution in [0.15, 0.2) is 24.4 Å². The van der Waals surface area contributed by atoms with Crippen LogP contribution < -0.4 is 5.32 Å². The van der Waals surface area contributed by atoms with Crippen molar-refractivity contribution in [2.75, 3.05) is 20.1 Å². The van der Waals surface area contributed by atoms with Crippen LogP contribution in [0.4, 0.5) is 13.2 Å². The first-order valence-electron chi connectivity index (χ1n) is 6.99. The van der Waals surface area contributed by atoms with Crippen molar-refractivity contribution in [1.29, 1.82) is 0 Å². The minimum Gasteiger partial charge on any atom is -0.361 e. The number of hydrogen-bond donors (Lipinski definition) is 2. The van der Waals surface area contributed by atoms with Crippen molar-refractivity contribution in [2.24, 2.45) is 0 Å². The number of rotatable bonds is 2. The number of amides is 2. The monoisotopic (exact) mass is 325 g/mol. The lowest BCUT2D eigenvalue weighted by atomic mass is 9.97. The van der Waals surface area contributed by atoms with Gasteiger partial charge in [-0.2, -0.15) is 13.2 Å². The van der Waals surface area contributed by atoms with Crippen LogP contribution in [-0.2, 0) is 4.79 Å². The Morgan fingerprint density at radius 1 is 1.43 bits per heavy atom. The maximum absolute atomic E-state index is 12.4. The molecule has 1 aromatic heterocycles. The molecule has 1 aromatic carbocycles. The van der Waals surface area contributed by atoms with Gasteiger partial charge in [0, 0.05) is 48.7 Å². The smallest absolute Gasteiger partial charge is 0.361 e. The molecular formula is C15H14F3N3O2. The Bertz CT molecular complexity index is 782. The second-order valence-electron chi connectivity index (χ2n) is 5.56. The Kier molecular flexibility index (Phi) is 3.54. The van der Waals surface area contributed by atoms with Crippen LogP contribution in [0.2, 0.25) is 0 Å². The topological polar surface area (TPSA) is 65.2 Å². The molecule has 2 N–H and O–H groups in total. The summed E-state index contributed by atoms with van der Waals surface area (Å²) in [6.07, 6.45) is -3.23. The highest BCUT2D eigenvalue weighted by Crippen LogP contribution is 2.32. The predicted molar refractivity (Wildman–Crippen MR) is 77.1 cm³/mol. The number of H-pyrrole nitrogens is 1. The molecule has 0 bridgehead atoms. The quantitative estimate of drug-likeness (QED) is 0.887. The molecule has 3 rings (SSSR count). The number of hydrogen-bond acceptors (Lipinski definition) is 2. The first kappa shape index (κ1) is 15.4. The van der Waals surface area contributed by atoms with E-state index in [0.29, 0.717) is 10.9 Å². The average molecular weight is 325 g/mol. The Labute approximate surface area is 129 Å². The van der Waals surface area contributed by atoms with Crippen LogP contribution in [0.1, 0.15) is 21.8 Å². The van der Waals surface area contributed by atoms with Crippen molar-refractivity contribution in [3.05, 3.63) is 35.5 Å². The fraction of sp³-hybridized carbons (Fsp3) is 0.333. The number of aromatic nitrogens is 1. The van der Waals surface area contributed by atoms with Gasteiger partial charge in [-0.05, 0) is 17.7 Å². The van der Waals surface area contributed by atoms with Crippen molar-refractivity contribution in [2.45, 2.75) is 12.1 Å². The van der Waals surface area contributed by atoms with Gasteiger partial charge in [0.05, 0.1) is 0 Å². The van der Waals surface area contributed by atoms with Gasteiger partial charge < -0.3 is 15.2 Å². The first-order valence-corrected chi connectivity index (χ1v) is 6.99. The lowest BCUT2D eigenvalue weighted by molar-refractivity contribution is -0.173. The molecule has 8 heteroatoms. The third kappa shape index (κ3) is 2.64. The van der Waals surface area contributed by atoms with E-state index in [1.54, 1.807) is 31.4 Å². The van der Waals surface area contributed by atoms with Gasteiger partial charge in [-0.1, -0.05) is 6.07 Å². The minimum absolute atomic E-state index is 0.193. The zero-order chi connectivity index (χ0) is 16.8. The van der Waals surface area contributed by atoms with Gasteiger partial charge in [0.2, 0.25) is 0 Å². The van der Waals surface area contributed by atoms with Gasteiger partial charge in [0.1, 0.15) is 0 Å². The van der Waals surface area contributed by atoms with Crippen molar-refractivity contribution >= 4 is 22.7 Å². The standard InChI is InChI=1S/C15H14F3N3O2/c1-21-7-8(5-20-14(23)15(16,17)18)10-6-19-11-4-2-3-9(12(10)11)13(21)22/h2-4,6,8,19H,5,7H2,1H3,(H,20,23). The largest absolute Gasteiger partial charge is 0.471 e. The molecule has 1 atom stereocenters. The van der Waals surface area contributed by atoms with E-state index in [1.165, 1.54) is 4.90 Å². The van der Waals surface area contributed by atoms with Gasteiger partial charge in [0.25, 0.3) is 5.91 Å². The average Bonchev–Trinajstić information content (AvgIpc) is 2.88. The van der Waals surface area contributed by atoms with Crippen molar-refractivity contribution < 1.29 is 22.8 Å². The summed E-state index contributed by atoms with van der Waals surface area (Å²) in [6, 6.07) is 5.23. The number of carbonyl (C=O) groups excluding carboxylic acids is 2. The summed E-state index contributed by atoms with van der Waals surface area (Å²) in [5.74, 6) is -2.59. The van der Waals surface area contributed by atoms with E-state index in [9.17, 15) is 22.8 Å². The number of benzene rings is 1. The molecule has 2 aromatic rings. The molecule has 1 unspecified atom stereocenters. The molecule has 0 saturated heterocycles. The Hall–Kier alpha value is -2.51. The molecular weight excluding hydrogens is 311 g/mol. The second kappa shape index (κ2) is 5.29. The van der Waals surface area contributed by atoms with E-state index in [1.807, 2.05) is 5.32 Å². The molecule has 0 saturated carbocycles. The van der Waals surface area contributed by atoms with E-state index in [-0.39, 0.29) is 19.0 Å². The highest BCUT2D eigenvalue weighted by molar-refractivity contribution is 6.08. The number of carbonyl (C=O) groups is 2. The molecule has 0 radical (unpaired) electrons. The predicted octanol–water partition coefficient (Wildman–Crippen LogP) is 2.02. The SMILES string of the molecule is CN1CC(CNC(=O)C(F)(F)F)c2c[nH]c3cccc(c23)C1=O. The highest BCUT2D eigenvalue weighted by Gasteiger charge is 2.39. The van der Waals surface area contributed by atoms with Crippen LogP contribution in [0.5, 0.6) is 0 Å². The third-order valence-electron chi connectivity index (χ3n) is 4.01. The van der Waals surface area contributed by atoms with E-state index in [4.69, 9.17) is 0 Å². The van der Waals surface area contributed by atoms with Crippen molar-refractivity contribution in [3.8, 4) is 0 Å². The zero-order valence-corrected chi connectivity index (χ0v) is 12.2. The summed E-state index contributed by atoms with van der Waals surface area (Å²) in [4.78, 5) is 27.9. The molecule has 2 heterocycles. The van der Waals surface area contributed by atoms with Crippen LogP contribution in [0.25, 0.3) is 10.9 Å². The lowest BCUT2D eigenvalue weighted by Crippen LogP contribution is -2.41. The summed E-state index contributed by atoms with van der Waals surface area (Å²) in [7, 11) is 1.59. The molecule has 0 spiro atoms. The first-order chi connectivity index (χ1) is 10.8. The van der Waals surface area contributed by atoms with Gasteiger partial charge in [-0.15, -0.1) is 0 Å². The molecule has 0 fully saturated rings. The summed E-state index contributed by atoms with van der Waals surface area (Å²) in [6.45, 7) is 0.0237. The molecule has 1 aliphatic rings. The molecule has 0 aliphatic carbocycles. The second-order valence-corrected chi connectivity index (χ2v) is 5.56. The van der Waals surface area contributed by atoms with Crippen molar-refractivity contribution in [3.63, 3.8) is 0 Å². The van der Waals surface area contributed by atoms with Gasteiger partial charge in [-0.25, -0.2) is 0 Å². The number of aromatic amines is 1. The fourth-order valence-electron chi connectivity index (χ4n) is 2.92. The van der Waals surface area contributed by atoms with Crippen LogP contribution in [0.3, 0.4) is 0 Å². The Balaban J connectivity index is 1.96. The maximum Gasteiger partial charge on any atom is 0.471 e. The van der Waals surface area contributed by atoms with E-state index in [0.717, 1.165) is 11.1 Å². The van der Waals surface area contributed by atoms with Crippen LogP contribution in [0, 0.1) is 0 Å². The maximum atomic E-state index is 12.4. The Morgan fingerprint density at radius 3 is 2.87 bits per heavy atom. The molecule has 23 heavy (non-hydrogen) atoms. The molecule has 1 aliphatic heterocycles. The van der Waals surface area contributed by atoms with Crippen molar-refractivity contribution in [1.82, 2.24) is 15.2 Å². The molecule has 2 amide bonds. The molecule has 122 valence electrons. The summed E-state index contributed by atoms with van der Waals surface area (Å²) in [5.41, 5.74) is 1.98. The van der Waals surface area contributed by atoms with E-state index < -0.39 is 18.0 Å². The van der Waals surface area contributed by atoms with E-state index in [2.05, 4.69) is 4.98 Å². The van der Waals surface area contributed by atoms with Crippen LogP contribution >= 0.6 is 0 Å². The lowest BCUT2D eigenvalue weighted by Gasteiger charge is -2.21. The summed E-state index contributed by atoms with van der Waals surface area (Å²) >= 11 is 0. The third-order valence-corrected chi connectivity index (χ3v) is 4.01. The number of likely N-dealkylation sites (N-methyl/N-ethyl adjacent to an activating group) is 1. The number of nitrogens with zero attached hydrogens (tertiary/aromatic N) is 1. The van der Waals surface area contributed by atoms with E-state index >= 15 is 0 Å². The number of halogens is 3. The minimum atomic E-state index is -4.92. The normalized spacial score (nSPS) is 18.2. The summed E-state index contributed by atoms with van der Waals surface area (Å²) in [5, 5.41) is 2.61. The van der Waals surface area contributed by atoms with Gasteiger partial charge >= 0.3 is 12.1 Å². The highest BCUT2D eigenvalue weighted by atomic mass is 19.4. The molecule has 5 nitrogen and oxygen atoms in total. The summed E-state index contributed by atoms with van der Waals surface area (Å²) < 4.78 is 37.0. The number of nitrogens with one attached hydrogen (secondary N) is 2. The van der Waals surface area contributed by atoms with Gasteiger partial charge in [0.15, 0.2) is 0 Å². The van der Waals surface area contributed by atoms with Crippen LogP contribution in [-0.4, -0.2) is 48.0 Å². The van der Waals surface area contributed by atoms with Gasteiger partial charge in [-0.3, -0.25) is 9.59 Å². The fourth-order valence-corrected chi connectivity index (χ4v) is 2.92. The zero-order valence-electron chi connectivity index (χ0n) is 12.2. The number of alkyl halides is 3.